The van der Waals surface area contributed by atoms with Gasteiger partial charge in [0.05, 0.1) is 12.5 Å². The van der Waals surface area contributed by atoms with Crippen molar-refractivity contribution in [3.8, 4) is 0 Å². The SMILES string of the molecule is COC(=O)C12CC(Cc3ccccc3)SC1C1(c3ccc(C)cc3)CCC2c2c[nH]cc21. The Hall–Kier alpha value is -2.46. The Kier molecular flexibility index (Phi) is 4.59. The van der Waals surface area contributed by atoms with Gasteiger partial charge in [0.15, 0.2) is 0 Å². The van der Waals surface area contributed by atoms with Crippen molar-refractivity contribution >= 4 is 17.7 Å². The molecule has 4 heteroatoms. The van der Waals surface area contributed by atoms with Crippen LogP contribution in [0.2, 0.25) is 0 Å². The highest BCUT2D eigenvalue weighted by molar-refractivity contribution is 8.01. The molecule has 2 bridgehead atoms. The van der Waals surface area contributed by atoms with Crippen LogP contribution in [0.4, 0.5) is 0 Å². The summed E-state index contributed by atoms with van der Waals surface area (Å²) in [5.74, 6) is 0.209. The molecule has 0 spiro atoms. The number of fused-ring (bicyclic) bond motifs is 1. The second-order valence-corrected chi connectivity index (χ2v) is 11.2. The van der Waals surface area contributed by atoms with E-state index in [1.165, 1.54) is 27.8 Å². The molecular weight excluding hydrogens is 414 g/mol. The first-order valence-electron chi connectivity index (χ1n) is 11.6. The van der Waals surface area contributed by atoms with E-state index in [4.69, 9.17) is 4.74 Å². The van der Waals surface area contributed by atoms with E-state index in [0.29, 0.717) is 5.25 Å². The van der Waals surface area contributed by atoms with Crippen molar-refractivity contribution < 1.29 is 9.53 Å². The predicted octanol–water partition coefficient (Wildman–Crippen LogP) is 5.78. The topological polar surface area (TPSA) is 42.1 Å². The van der Waals surface area contributed by atoms with Crippen molar-refractivity contribution in [1.82, 2.24) is 4.98 Å². The lowest BCUT2D eigenvalue weighted by atomic mass is 9.45. The van der Waals surface area contributed by atoms with Gasteiger partial charge in [-0.1, -0.05) is 60.2 Å². The zero-order valence-electron chi connectivity index (χ0n) is 18.6. The molecule has 3 aromatic rings. The Morgan fingerprint density at radius 2 is 1.91 bits per heavy atom. The number of hydrogen-bond donors (Lipinski definition) is 1. The number of esters is 1. The van der Waals surface area contributed by atoms with Crippen LogP contribution in [-0.4, -0.2) is 28.6 Å². The highest BCUT2D eigenvalue weighted by Crippen LogP contribution is 2.72. The molecular formula is C28H29NO2S. The monoisotopic (exact) mass is 443 g/mol. The first kappa shape index (κ1) is 20.2. The van der Waals surface area contributed by atoms with Crippen LogP contribution in [0.15, 0.2) is 67.0 Å². The summed E-state index contributed by atoms with van der Waals surface area (Å²) in [4.78, 5) is 17.1. The van der Waals surface area contributed by atoms with Crippen molar-refractivity contribution in [3.63, 3.8) is 0 Å². The summed E-state index contributed by atoms with van der Waals surface area (Å²) >= 11 is 2.05. The molecule has 7 rings (SSSR count). The number of carbonyl (C=O) groups is 1. The maximum atomic E-state index is 13.7. The van der Waals surface area contributed by atoms with Crippen molar-refractivity contribution in [2.45, 2.75) is 54.4 Å². The number of benzene rings is 2. The number of carbonyl (C=O) groups excluding carboxylic acids is 1. The van der Waals surface area contributed by atoms with E-state index in [1.807, 2.05) is 11.8 Å². The van der Waals surface area contributed by atoms with Crippen molar-refractivity contribution in [2.24, 2.45) is 5.41 Å². The normalized spacial score (nSPS) is 32.4. The maximum Gasteiger partial charge on any atom is 0.313 e. The molecule has 2 fully saturated rings. The smallest absolute Gasteiger partial charge is 0.313 e. The fraction of sp³-hybridized carbons (Fsp3) is 0.393. The lowest BCUT2D eigenvalue weighted by molar-refractivity contribution is -0.158. The largest absolute Gasteiger partial charge is 0.469 e. The second-order valence-electron chi connectivity index (χ2n) is 9.82. The van der Waals surface area contributed by atoms with E-state index in [1.54, 1.807) is 7.11 Å². The first-order valence-corrected chi connectivity index (χ1v) is 12.6. The highest BCUT2D eigenvalue weighted by atomic mass is 32.2. The summed E-state index contributed by atoms with van der Waals surface area (Å²) in [7, 11) is 1.57. The molecule has 164 valence electrons. The zero-order valence-corrected chi connectivity index (χ0v) is 19.5. The van der Waals surface area contributed by atoms with Gasteiger partial charge < -0.3 is 9.72 Å². The molecule has 1 saturated heterocycles. The molecule has 0 amide bonds. The van der Waals surface area contributed by atoms with Gasteiger partial charge in [0.2, 0.25) is 0 Å². The molecule has 3 nitrogen and oxygen atoms in total. The van der Waals surface area contributed by atoms with Crippen LogP contribution >= 0.6 is 11.8 Å². The molecule has 5 atom stereocenters. The average Bonchev–Trinajstić information content (AvgIpc) is 3.47. The lowest BCUT2D eigenvalue weighted by Gasteiger charge is -2.58. The number of hydrogen-bond acceptors (Lipinski definition) is 3. The average molecular weight is 444 g/mol. The van der Waals surface area contributed by atoms with Crippen LogP contribution in [-0.2, 0) is 21.4 Å². The summed E-state index contributed by atoms with van der Waals surface area (Å²) in [6.07, 6.45) is 8.34. The molecule has 2 heterocycles. The molecule has 5 unspecified atom stereocenters. The van der Waals surface area contributed by atoms with Gasteiger partial charge >= 0.3 is 5.97 Å². The number of ether oxygens (including phenoxy) is 1. The van der Waals surface area contributed by atoms with Crippen LogP contribution < -0.4 is 0 Å². The number of aryl methyl sites for hydroxylation is 1. The minimum Gasteiger partial charge on any atom is -0.469 e. The van der Waals surface area contributed by atoms with E-state index >= 15 is 0 Å². The Labute approximate surface area is 194 Å². The Morgan fingerprint density at radius 1 is 1.12 bits per heavy atom. The molecule has 3 aliphatic carbocycles. The summed E-state index contributed by atoms with van der Waals surface area (Å²) in [5, 5.41) is 0.584. The van der Waals surface area contributed by atoms with E-state index in [0.717, 1.165) is 25.7 Å². The minimum atomic E-state index is -0.475. The van der Waals surface area contributed by atoms with Gasteiger partial charge in [-0.15, -0.1) is 0 Å². The quantitative estimate of drug-likeness (QED) is 0.520. The van der Waals surface area contributed by atoms with Crippen LogP contribution in [0, 0.1) is 12.3 Å². The molecule has 1 aromatic heterocycles. The highest BCUT2D eigenvalue weighted by Gasteiger charge is 2.71. The van der Waals surface area contributed by atoms with E-state index in [9.17, 15) is 4.79 Å². The number of aromatic nitrogens is 1. The number of rotatable bonds is 4. The summed E-state index contributed by atoms with van der Waals surface area (Å²) < 4.78 is 5.57. The Bertz CT molecular complexity index is 1150. The van der Waals surface area contributed by atoms with Gasteiger partial charge in [0.1, 0.15) is 0 Å². The number of thioether (sulfide) groups is 1. The summed E-state index contributed by atoms with van der Waals surface area (Å²) in [6.45, 7) is 2.14. The molecule has 0 radical (unpaired) electrons. The molecule has 1 saturated carbocycles. The Morgan fingerprint density at radius 3 is 2.66 bits per heavy atom. The molecule has 1 aliphatic heterocycles. The number of nitrogens with one attached hydrogen (secondary N) is 1. The summed E-state index contributed by atoms with van der Waals surface area (Å²) in [5.41, 5.74) is 6.05. The van der Waals surface area contributed by atoms with Gasteiger partial charge in [-0.2, -0.15) is 11.8 Å². The number of H-pyrrole nitrogens is 1. The van der Waals surface area contributed by atoms with Crippen LogP contribution in [0.1, 0.15) is 53.0 Å². The van der Waals surface area contributed by atoms with Crippen molar-refractivity contribution in [1.29, 1.82) is 0 Å². The van der Waals surface area contributed by atoms with Gasteiger partial charge in [0.25, 0.3) is 0 Å². The van der Waals surface area contributed by atoms with Crippen LogP contribution in [0.3, 0.4) is 0 Å². The minimum absolute atomic E-state index is 0.0152. The van der Waals surface area contributed by atoms with Gasteiger partial charge in [-0.3, -0.25) is 4.79 Å². The third-order valence-electron chi connectivity index (χ3n) is 8.33. The number of methoxy groups -OCH3 is 1. The fourth-order valence-corrected chi connectivity index (χ4v) is 9.33. The third kappa shape index (κ3) is 2.59. The van der Waals surface area contributed by atoms with Crippen molar-refractivity contribution in [2.75, 3.05) is 7.11 Å². The Balaban J connectivity index is 1.52. The first-order chi connectivity index (χ1) is 15.6. The molecule has 4 aliphatic rings. The van der Waals surface area contributed by atoms with E-state index < -0.39 is 5.41 Å². The van der Waals surface area contributed by atoms with Gasteiger partial charge in [-0.25, -0.2) is 0 Å². The van der Waals surface area contributed by atoms with Crippen LogP contribution in [0.25, 0.3) is 0 Å². The molecule has 1 N–H and O–H groups in total. The summed E-state index contributed by atoms with van der Waals surface area (Å²) in [6, 6.07) is 19.7. The second kappa shape index (κ2) is 7.28. The van der Waals surface area contributed by atoms with Gasteiger partial charge in [0, 0.05) is 34.2 Å². The standard InChI is InChI=1S/C28H29NO2S/c1-18-8-10-20(11-9-18)27-13-12-23(22-16-29-17-24(22)27)28(26(30)31-2)15-21(32-25(27)28)14-19-6-4-3-5-7-19/h3-11,16-17,21,23,25,29H,12-15H2,1-2H3. The third-order valence-corrected chi connectivity index (χ3v) is 10.1. The van der Waals surface area contributed by atoms with Crippen LogP contribution in [0.5, 0.6) is 0 Å². The number of aromatic amines is 1. The molecule has 2 aromatic carbocycles. The zero-order chi connectivity index (χ0) is 21.9. The van der Waals surface area contributed by atoms with E-state index in [-0.39, 0.29) is 22.6 Å². The molecule has 32 heavy (non-hydrogen) atoms. The van der Waals surface area contributed by atoms with E-state index in [2.05, 4.69) is 78.9 Å². The fourth-order valence-electron chi connectivity index (χ4n) is 7.07. The lowest BCUT2D eigenvalue weighted by Crippen LogP contribution is -2.60. The predicted molar refractivity (Wildman–Crippen MR) is 129 cm³/mol. The van der Waals surface area contributed by atoms with Gasteiger partial charge in [-0.05, 0) is 54.9 Å². The van der Waals surface area contributed by atoms with Crippen molar-refractivity contribution in [3.05, 3.63) is 94.8 Å². The maximum absolute atomic E-state index is 13.7.